The molecule has 0 saturated carbocycles. The second-order valence-corrected chi connectivity index (χ2v) is 8.18. The van der Waals surface area contributed by atoms with Crippen molar-refractivity contribution in [2.75, 3.05) is 19.5 Å². The number of fused-ring (bicyclic) bond motifs is 6. The first-order chi connectivity index (χ1) is 17.6. The van der Waals surface area contributed by atoms with E-state index in [1.54, 1.807) is 20.3 Å². The molecule has 0 aliphatic heterocycles. The zero-order valence-corrected chi connectivity index (χ0v) is 19.7. The summed E-state index contributed by atoms with van der Waals surface area (Å²) in [6, 6.07) is 25.8. The molecule has 5 aromatic carbocycles. The smallest absolute Gasteiger partial charge is 0.328 e. The van der Waals surface area contributed by atoms with Gasteiger partial charge in [-0.25, -0.2) is 4.79 Å². The molecule has 2 N–H and O–H groups in total. The molecular formula is C30H22N2O4. The highest BCUT2D eigenvalue weighted by molar-refractivity contribution is 6.29. The van der Waals surface area contributed by atoms with E-state index in [9.17, 15) is 15.2 Å². The summed E-state index contributed by atoms with van der Waals surface area (Å²) in [6.07, 6.45) is 2.50. The number of anilines is 2. The summed E-state index contributed by atoms with van der Waals surface area (Å²) in [5.74, 6) is -0.0532. The lowest BCUT2D eigenvalue weighted by molar-refractivity contribution is -0.131. The van der Waals surface area contributed by atoms with E-state index < -0.39 is 5.97 Å². The van der Waals surface area contributed by atoms with Crippen molar-refractivity contribution in [2.45, 2.75) is 0 Å². The van der Waals surface area contributed by atoms with E-state index in [0.29, 0.717) is 34.0 Å². The van der Waals surface area contributed by atoms with E-state index in [1.165, 1.54) is 6.08 Å². The van der Waals surface area contributed by atoms with Crippen molar-refractivity contribution in [1.82, 2.24) is 0 Å². The van der Waals surface area contributed by atoms with Crippen molar-refractivity contribution in [3.8, 4) is 17.6 Å². The molecule has 0 aliphatic carbocycles. The van der Waals surface area contributed by atoms with Gasteiger partial charge in [0.25, 0.3) is 0 Å². The molecule has 6 heteroatoms. The SMILES string of the molecule is COc1cccc(Nc2c(C#N)c(C=CC(=O)O)cc3c4ccccc4c4ccccc4c23)c1OC. The van der Waals surface area contributed by atoms with Crippen LogP contribution in [0, 0.1) is 11.3 Å². The lowest BCUT2D eigenvalue weighted by Gasteiger charge is -2.20. The zero-order valence-electron chi connectivity index (χ0n) is 19.7. The number of hydrogen-bond donors (Lipinski definition) is 2. The summed E-state index contributed by atoms with van der Waals surface area (Å²) in [6.45, 7) is 0. The molecule has 0 radical (unpaired) electrons. The number of rotatable bonds is 6. The number of nitrogens with one attached hydrogen (secondary N) is 1. The number of hydrogen-bond acceptors (Lipinski definition) is 5. The normalized spacial score (nSPS) is 11.1. The lowest BCUT2D eigenvalue weighted by atomic mass is 9.89. The quantitative estimate of drug-likeness (QED) is 0.206. The summed E-state index contributed by atoms with van der Waals surface area (Å²) < 4.78 is 11.1. The first kappa shape index (κ1) is 22.8. The van der Waals surface area contributed by atoms with Gasteiger partial charge in [-0.2, -0.15) is 5.26 Å². The Bertz CT molecular complexity index is 1730. The Labute approximate surface area is 207 Å². The monoisotopic (exact) mass is 474 g/mol. The van der Waals surface area contributed by atoms with Gasteiger partial charge in [0.1, 0.15) is 6.07 Å². The minimum atomic E-state index is -1.09. The van der Waals surface area contributed by atoms with Crippen LogP contribution < -0.4 is 14.8 Å². The number of para-hydroxylation sites is 1. The summed E-state index contributed by atoms with van der Waals surface area (Å²) in [5.41, 5.74) is 2.00. The molecule has 5 rings (SSSR count). The number of carbonyl (C=O) groups is 1. The van der Waals surface area contributed by atoms with Gasteiger partial charge in [-0.05, 0) is 56.8 Å². The highest BCUT2D eigenvalue weighted by Crippen LogP contribution is 2.44. The molecule has 0 heterocycles. The van der Waals surface area contributed by atoms with Crippen molar-refractivity contribution in [3.05, 3.63) is 90.0 Å². The first-order valence-electron chi connectivity index (χ1n) is 11.3. The van der Waals surface area contributed by atoms with E-state index >= 15 is 0 Å². The Morgan fingerprint density at radius 2 is 1.53 bits per heavy atom. The summed E-state index contributed by atoms with van der Waals surface area (Å²) in [7, 11) is 3.12. The van der Waals surface area contributed by atoms with E-state index in [4.69, 9.17) is 9.47 Å². The molecule has 0 atom stereocenters. The second kappa shape index (κ2) is 9.32. The fourth-order valence-corrected chi connectivity index (χ4v) is 4.74. The number of nitriles is 1. The van der Waals surface area contributed by atoms with Crippen LogP contribution in [0.2, 0.25) is 0 Å². The van der Waals surface area contributed by atoms with Crippen LogP contribution in [0.1, 0.15) is 11.1 Å². The Morgan fingerprint density at radius 3 is 2.14 bits per heavy atom. The fraction of sp³-hybridized carbons (Fsp3) is 0.0667. The second-order valence-electron chi connectivity index (χ2n) is 8.18. The van der Waals surface area contributed by atoms with Crippen LogP contribution in [0.15, 0.2) is 78.9 Å². The van der Waals surface area contributed by atoms with Crippen LogP contribution in [0.3, 0.4) is 0 Å². The highest BCUT2D eigenvalue weighted by Gasteiger charge is 2.20. The standard InChI is InChI=1S/C30H22N2O4/c1-35-26-13-7-12-25(30(26)36-2)32-29-24(17-31)18(14-15-27(33)34)16-23-21-10-4-3-8-19(21)20-9-5-6-11-22(20)28(23)29/h3-16,32H,1-2H3,(H,33,34). The Kier molecular flexibility index (Phi) is 5.89. The van der Waals surface area contributed by atoms with Crippen molar-refractivity contribution >= 4 is 55.7 Å². The molecule has 5 aromatic rings. The molecule has 36 heavy (non-hydrogen) atoms. The number of benzene rings is 5. The molecule has 0 bridgehead atoms. The molecule has 176 valence electrons. The van der Waals surface area contributed by atoms with E-state index in [1.807, 2.05) is 54.6 Å². The van der Waals surface area contributed by atoms with Gasteiger partial charge >= 0.3 is 5.97 Å². The molecule has 0 spiro atoms. The molecule has 0 unspecified atom stereocenters. The first-order valence-corrected chi connectivity index (χ1v) is 11.3. The molecule has 0 saturated heterocycles. The third-order valence-corrected chi connectivity index (χ3v) is 6.24. The third-order valence-electron chi connectivity index (χ3n) is 6.24. The minimum absolute atomic E-state index is 0.324. The molecule has 0 fully saturated rings. The van der Waals surface area contributed by atoms with Crippen molar-refractivity contribution in [3.63, 3.8) is 0 Å². The van der Waals surface area contributed by atoms with Crippen LogP contribution in [-0.2, 0) is 4.79 Å². The van der Waals surface area contributed by atoms with Crippen LogP contribution >= 0.6 is 0 Å². The maximum absolute atomic E-state index is 11.3. The molecule has 0 amide bonds. The lowest BCUT2D eigenvalue weighted by Crippen LogP contribution is -2.02. The van der Waals surface area contributed by atoms with Gasteiger partial charge in [-0.3, -0.25) is 0 Å². The van der Waals surface area contributed by atoms with Crippen LogP contribution in [0.4, 0.5) is 11.4 Å². The Balaban J connectivity index is 1.96. The van der Waals surface area contributed by atoms with Gasteiger partial charge in [-0.1, -0.05) is 54.6 Å². The van der Waals surface area contributed by atoms with Gasteiger partial charge in [0, 0.05) is 11.5 Å². The Hall–Kier alpha value is -5.02. The molecule has 6 nitrogen and oxygen atoms in total. The van der Waals surface area contributed by atoms with Gasteiger partial charge in [-0.15, -0.1) is 0 Å². The zero-order chi connectivity index (χ0) is 25.2. The maximum atomic E-state index is 11.3. The van der Waals surface area contributed by atoms with Crippen LogP contribution in [0.5, 0.6) is 11.5 Å². The minimum Gasteiger partial charge on any atom is -0.493 e. The average molecular weight is 475 g/mol. The van der Waals surface area contributed by atoms with E-state index in [-0.39, 0.29) is 0 Å². The summed E-state index contributed by atoms with van der Waals surface area (Å²) in [4.78, 5) is 11.3. The number of nitrogens with zero attached hydrogens (tertiary/aromatic N) is 1. The Morgan fingerprint density at radius 1 is 0.889 bits per heavy atom. The highest BCUT2D eigenvalue weighted by atomic mass is 16.5. The van der Waals surface area contributed by atoms with E-state index in [0.717, 1.165) is 38.4 Å². The summed E-state index contributed by atoms with van der Waals surface area (Å²) >= 11 is 0. The number of carboxylic acids is 1. The number of methoxy groups -OCH3 is 2. The van der Waals surface area contributed by atoms with Gasteiger partial charge in [0.05, 0.1) is 31.2 Å². The van der Waals surface area contributed by atoms with Crippen LogP contribution in [0.25, 0.3) is 38.4 Å². The number of carboxylic acid groups (broad SMARTS) is 1. The van der Waals surface area contributed by atoms with Crippen molar-refractivity contribution in [2.24, 2.45) is 0 Å². The molecular weight excluding hydrogens is 452 g/mol. The average Bonchev–Trinajstić information content (AvgIpc) is 2.91. The van der Waals surface area contributed by atoms with Gasteiger partial charge < -0.3 is 19.9 Å². The predicted octanol–water partition coefficient (Wildman–Crippen LogP) is 6.88. The van der Waals surface area contributed by atoms with Crippen LogP contribution in [-0.4, -0.2) is 25.3 Å². The summed E-state index contributed by atoms with van der Waals surface area (Å²) in [5, 5.41) is 28.9. The fourth-order valence-electron chi connectivity index (χ4n) is 4.74. The number of ether oxygens (including phenoxy) is 2. The van der Waals surface area contributed by atoms with Gasteiger partial charge in [0.15, 0.2) is 11.5 Å². The third kappa shape index (κ3) is 3.73. The van der Waals surface area contributed by atoms with E-state index in [2.05, 4.69) is 23.5 Å². The van der Waals surface area contributed by atoms with Crippen molar-refractivity contribution in [1.29, 1.82) is 5.26 Å². The van der Waals surface area contributed by atoms with Crippen molar-refractivity contribution < 1.29 is 19.4 Å². The topological polar surface area (TPSA) is 91.6 Å². The number of aliphatic carboxylic acids is 1. The molecule has 0 aromatic heterocycles. The maximum Gasteiger partial charge on any atom is 0.328 e. The van der Waals surface area contributed by atoms with Gasteiger partial charge in [0.2, 0.25) is 0 Å². The largest absolute Gasteiger partial charge is 0.493 e. The predicted molar refractivity (Wildman–Crippen MR) is 143 cm³/mol. The molecule has 0 aliphatic rings.